The van der Waals surface area contributed by atoms with E-state index in [0.717, 1.165) is 18.9 Å². The van der Waals surface area contributed by atoms with Crippen molar-refractivity contribution in [2.45, 2.75) is 82.9 Å². The van der Waals surface area contributed by atoms with Crippen LogP contribution in [0.5, 0.6) is 0 Å². The molecule has 2 nitrogen and oxygen atoms in total. The van der Waals surface area contributed by atoms with Crippen LogP contribution >= 0.6 is 0 Å². The third-order valence-electron chi connectivity index (χ3n) is 4.38. The summed E-state index contributed by atoms with van der Waals surface area (Å²) in [4.78, 5) is 2.73. The summed E-state index contributed by atoms with van der Waals surface area (Å²) in [6, 6.07) is 1.50. The lowest BCUT2D eigenvalue weighted by atomic mass is 9.88. The molecule has 0 aromatic rings. The van der Waals surface area contributed by atoms with Gasteiger partial charge in [0, 0.05) is 12.1 Å². The number of hydrogen-bond donors (Lipinski definition) is 1. The summed E-state index contributed by atoms with van der Waals surface area (Å²) in [5.41, 5.74) is 0. The Morgan fingerprint density at radius 2 is 2.00 bits per heavy atom. The van der Waals surface area contributed by atoms with Crippen molar-refractivity contribution >= 4 is 0 Å². The highest BCUT2D eigenvalue weighted by molar-refractivity contribution is 4.86. The van der Waals surface area contributed by atoms with E-state index in [2.05, 4.69) is 11.8 Å². The molecule has 3 atom stereocenters. The van der Waals surface area contributed by atoms with E-state index in [-0.39, 0.29) is 6.10 Å². The average molecular weight is 225 g/mol. The molecule has 0 amide bonds. The van der Waals surface area contributed by atoms with Crippen molar-refractivity contribution in [3.63, 3.8) is 0 Å². The van der Waals surface area contributed by atoms with E-state index in [1.807, 2.05) is 0 Å². The second kappa shape index (κ2) is 6.02. The minimum absolute atomic E-state index is 0.0250. The van der Waals surface area contributed by atoms with Gasteiger partial charge in [-0.2, -0.15) is 0 Å². The van der Waals surface area contributed by atoms with Gasteiger partial charge in [-0.1, -0.05) is 19.8 Å². The van der Waals surface area contributed by atoms with Crippen molar-refractivity contribution in [1.29, 1.82) is 0 Å². The highest BCUT2D eigenvalue weighted by Crippen LogP contribution is 2.30. The van der Waals surface area contributed by atoms with Crippen molar-refractivity contribution in [3.05, 3.63) is 0 Å². The molecule has 3 unspecified atom stereocenters. The van der Waals surface area contributed by atoms with Crippen molar-refractivity contribution in [2.75, 3.05) is 6.54 Å². The maximum Gasteiger partial charge on any atom is 0.0555 e. The number of hydrogen-bond acceptors (Lipinski definition) is 2. The molecule has 1 saturated carbocycles. The molecule has 0 spiro atoms. The summed E-state index contributed by atoms with van der Waals surface area (Å²) >= 11 is 0. The number of rotatable bonds is 3. The van der Waals surface area contributed by atoms with E-state index in [0.29, 0.717) is 6.04 Å². The first-order valence-electron chi connectivity index (χ1n) is 7.25. The van der Waals surface area contributed by atoms with Crippen molar-refractivity contribution in [3.8, 4) is 0 Å². The van der Waals surface area contributed by atoms with Gasteiger partial charge in [-0.25, -0.2) is 0 Å². The predicted octanol–water partition coefficient (Wildman–Crippen LogP) is 2.94. The van der Waals surface area contributed by atoms with Crippen LogP contribution in [0, 0.1) is 0 Å². The average Bonchev–Trinajstić information content (AvgIpc) is 2.30. The molecular formula is C14H27NO. The van der Waals surface area contributed by atoms with Crippen LogP contribution in [0.2, 0.25) is 0 Å². The Morgan fingerprint density at radius 1 is 1.12 bits per heavy atom. The Hall–Kier alpha value is -0.0800. The number of likely N-dealkylation sites (tertiary alicyclic amines) is 1. The summed E-state index contributed by atoms with van der Waals surface area (Å²) in [6.45, 7) is 3.57. The molecule has 0 aromatic carbocycles. The molecule has 1 aliphatic carbocycles. The van der Waals surface area contributed by atoms with E-state index in [1.54, 1.807) is 0 Å². The van der Waals surface area contributed by atoms with Crippen LogP contribution in [0.15, 0.2) is 0 Å². The number of piperidine rings is 1. The van der Waals surface area contributed by atoms with Crippen LogP contribution in [-0.2, 0) is 0 Å². The van der Waals surface area contributed by atoms with Crippen LogP contribution in [0.25, 0.3) is 0 Å². The van der Waals surface area contributed by atoms with Crippen LogP contribution in [0.4, 0.5) is 0 Å². The van der Waals surface area contributed by atoms with E-state index >= 15 is 0 Å². The zero-order chi connectivity index (χ0) is 11.4. The summed E-state index contributed by atoms with van der Waals surface area (Å²) in [7, 11) is 0. The van der Waals surface area contributed by atoms with Crippen molar-refractivity contribution < 1.29 is 5.11 Å². The molecule has 0 radical (unpaired) electrons. The monoisotopic (exact) mass is 225 g/mol. The molecule has 16 heavy (non-hydrogen) atoms. The Balaban J connectivity index is 1.93. The molecule has 2 fully saturated rings. The summed E-state index contributed by atoms with van der Waals surface area (Å²) < 4.78 is 0. The molecule has 1 saturated heterocycles. The van der Waals surface area contributed by atoms with Gasteiger partial charge in [0.1, 0.15) is 0 Å². The van der Waals surface area contributed by atoms with E-state index in [9.17, 15) is 5.11 Å². The normalized spacial score (nSPS) is 37.5. The SMILES string of the molecule is CCCC1CCCCN1C1CCCC(O)C1. The second-order valence-corrected chi connectivity index (χ2v) is 5.65. The van der Waals surface area contributed by atoms with Gasteiger partial charge in [0.2, 0.25) is 0 Å². The molecule has 1 aliphatic heterocycles. The Bertz CT molecular complexity index is 205. The summed E-state index contributed by atoms with van der Waals surface area (Å²) in [5, 5.41) is 9.80. The summed E-state index contributed by atoms with van der Waals surface area (Å²) in [5.74, 6) is 0. The zero-order valence-electron chi connectivity index (χ0n) is 10.7. The third kappa shape index (κ3) is 2.98. The lowest BCUT2D eigenvalue weighted by Crippen LogP contribution is -2.48. The molecule has 0 bridgehead atoms. The van der Waals surface area contributed by atoms with Gasteiger partial charge in [0.15, 0.2) is 0 Å². The number of nitrogens with zero attached hydrogens (tertiary/aromatic N) is 1. The van der Waals surface area contributed by atoms with Gasteiger partial charge < -0.3 is 5.11 Å². The van der Waals surface area contributed by atoms with Gasteiger partial charge in [-0.3, -0.25) is 4.90 Å². The fourth-order valence-electron chi connectivity index (χ4n) is 3.59. The maximum atomic E-state index is 9.80. The Labute approximate surface area is 100 Å². The van der Waals surface area contributed by atoms with Crippen LogP contribution in [0.1, 0.15) is 64.7 Å². The van der Waals surface area contributed by atoms with Gasteiger partial charge in [-0.05, 0) is 51.5 Å². The van der Waals surface area contributed by atoms with Gasteiger partial charge >= 0.3 is 0 Å². The first kappa shape index (κ1) is 12.4. The van der Waals surface area contributed by atoms with Gasteiger partial charge in [0.05, 0.1) is 6.10 Å². The van der Waals surface area contributed by atoms with Crippen LogP contribution in [-0.4, -0.2) is 34.7 Å². The van der Waals surface area contributed by atoms with Gasteiger partial charge in [0.25, 0.3) is 0 Å². The lowest BCUT2D eigenvalue weighted by molar-refractivity contribution is 0.0220. The Kier molecular flexibility index (Phi) is 4.66. The van der Waals surface area contributed by atoms with Gasteiger partial charge in [-0.15, -0.1) is 0 Å². The van der Waals surface area contributed by atoms with E-state index in [1.165, 1.54) is 51.5 Å². The van der Waals surface area contributed by atoms with E-state index in [4.69, 9.17) is 0 Å². The maximum absolute atomic E-state index is 9.80. The molecule has 1 heterocycles. The molecule has 2 rings (SSSR count). The third-order valence-corrected chi connectivity index (χ3v) is 4.38. The molecular weight excluding hydrogens is 198 g/mol. The minimum Gasteiger partial charge on any atom is -0.393 e. The number of aliphatic hydroxyl groups is 1. The first-order chi connectivity index (χ1) is 7.81. The topological polar surface area (TPSA) is 23.5 Å². The Morgan fingerprint density at radius 3 is 2.75 bits per heavy atom. The molecule has 94 valence electrons. The first-order valence-corrected chi connectivity index (χ1v) is 7.25. The van der Waals surface area contributed by atoms with Crippen LogP contribution < -0.4 is 0 Å². The quantitative estimate of drug-likeness (QED) is 0.798. The van der Waals surface area contributed by atoms with Crippen LogP contribution in [0.3, 0.4) is 0 Å². The summed E-state index contributed by atoms with van der Waals surface area (Å²) in [6.07, 6.45) is 11.4. The number of aliphatic hydroxyl groups excluding tert-OH is 1. The fourth-order valence-corrected chi connectivity index (χ4v) is 3.59. The largest absolute Gasteiger partial charge is 0.393 e. The van der Waals surface area contributed by atoms with Crippen molar-refractivity contribution in [2.24, 2.45) is 0 Å². The van der Waals surface area contributed by atoms with E-state index < -0.39 is 0 Å². The fraction of sp³-hybridized carbons (Fsp3) is 1.00. The lowest BCUT2D eigenvalue weighted by Gasteiger charge is -2.43. The highest BCUT2D eigenvalue weighted by atomic mass is 16.3. The molecule has 2 aliphatic rings. The molecule has 0 aromatic heterocycles. The molecule has 2 heteroatoms. The zero-order valence-corrected chi connectivity index (χ0v) is 10.7. The smallest absolute Gasteiger partial charge is 0.0555 e. The minimum atomic E-state index is -0.0250. The highest BCUT2D eigenvalue weighted by Gasteiger charge is 2.31. The molecule has 1 N–H and O–H groups in total. The predicted molar refractivity (Wildman–Crippen MR) is 67.5 cm³/mol. The second-order valence-electron chi connectivity index (χ2n) is 5.65. The standard InChI is InChI=1S/C14H27NO/c1-2-6-12-7-3-4-10-15(12)13-8-5-9-14(16)11-13/h12-14,16H,2-11H2,1H3. The van der Waals surface area contributed by atoms with Crippen molar-refractivity contribution in [1.82, 2.24) is 4.90 Å².